The Balaban J connectivity index is 2.02. The Bertz CT molecular complexity index is 470. The summed E-state index contributed by atoms with van der Waals surface area (Å²) in [6.45, 7) is 3.70. The summed E-state index contributed by atoms with van der Waals surface area (Å²) in [7, 11) is 0. The first-order chi connectivity index (χ1) is 9.38. The number of carbonyl (C=O) groups excluding carboxylic acids is 1. The highest BCUT2D eigenvalue weighted by Crippen LogP contribution is 2.29. The topological polar surface area (TPSA) is 41.1 Å². The summed E-state index contributed by atoms with van der Waals surface area (Å²) in [4.78, 5) is 12.0. The molecule has 2 atom stereocenters. The SMILES string of the molecule is CC1CNCCC1NC(=O)c1ccc(C(F)(F)F)cc1. The molecule has 6 heteroatoms. The number of benzene rings is 1. The first-order valence-corrected chi connectivity index (χ1v) is 6.57. The summed E-state index contributed by atoms with van der Waals surface area (Å²) < 4.78 is 37.3. The van der Waals surface area contributed by atoms with Gasteiger partial charge in [-0.05, 0) is 49.7 Å². The van der Waals surface area contributed by atoms with Crippen LogP contribution in [0, 0.1) is 5.92 Å². The molecule has 1 aromatic carbocycles. The maximum Gasteiger partial charge on any atom is 0.416 e. The molecule has 0 aromatic heterocycles. The van der Waals surface area contributed by atoms with E-state index in [0.717, 1.165) is 31.6 Å². The number of hydrogen-bond donors (Lipinski definition) is 2. The zero-order valence-electron chi connectivity index (χ0n) is 11.1. The Morgan fingerprint density at radius 1 is 1.30 bits per heavy atom. The average molecular weight is 286 g/mol. The van der Waals surface area contributed by atoms with Gasteiger partial charge >= 0.3 is 6.18 Å². The lowest BCUT2D eigenvalue weighted by Crippen LogP contribution is -2.48. The lowest BCUT2D eigenvalue weighted by Gasteiger charge is -2.30. The van der Waals surface area contributed by atoms with Crippen molar-refractivity contribution in [2.45, 2.75) is 25.6 Å². The normalized spacial score (nSPS) is 23.4. The summed E-state index contributed by atoms with van der Waals surface area (Å²) in [5, 5.41) is 6.11. The molecule has 110 valence electrons. The Hall–Kier alpha value is -1.56. The van der Waals surface area contributed by atoms with E-state index >= 15 is 0 Å². The number of halogens is 3. The van der Waals surface area contributed by atoms with Crippen molar-refractivity contribution < 1.29 is 18.0 Å². The summed E-state index contributed by atoms with van der Waals surface area (Å²) in [5.41, 5.74) is -0.493. The van der Waals surface area contributed by atoms with Gasteiger partial charge in [-0.25, -0.2) is 0 Å². The fraction of sp³-hybridized carbons (Fsp3) is 0.500. The molecule has 1 fully saturated rings. The van der Waals surface area contributed by atoms with E-state index in [-0.39, 0.29) is 17.5 Å². The van der Waals surface area contributed by atoms with Crippen molar-refractivity contribution in [3.05, 3.63) is 35.4 Å². The van der Waals surface area contributed by atoms with Gasteiger partial charge in [-0.3, -0.25) is 4.79 Å². The molecule has 1 aliphatic heterocycles. The van der Waals surface area contributed by atoms with E-state index in [1.807, 2.05) is 6.92 Å². The average Bonchev–Trinajstić information content (AvgIpc) is 2.40. The molecule has 1 amide bonds. The van der Waals surface area contributed by atoms with Gasteiger partial charge in [0.25, 0.3) is 5.91 Å². The number of piperidine rings is 1. The van der Waals surface area contributed by atoms with Crippen LogP contribution in [-0.4, -0.2) is 25.0 Å². The number of alkyl halides is 3. The first-order valence-electron chi connectivity index (χ1n) is 6.57. The minimum absolute atomic E-state index is 0.0612. The van der Waals surface area contributed by atoms with Gasteiger partial charge in [-0.2, -0.15) is 13.2 Å². The second-order valence-corrected chi connectivity index (χ2v) is 5.13. The molecule has 1 heterocycles. The number of carbonyl (C=O) groups is 1. The molecule has 0 aliphatic carbocycles. The van der Waals surface area contributed by atoms with Crippen LogP contribution in [0.5, 0.6) is 0 Å². The van der Waals surface area contributed by atoms with E-state index in [1.165, 1.54) is 12.1 Å². The van der Waals surface area contributed by atoms with Gasteiger partial charge in [0.1, 0.15) is 0 Å². The molecule has 20 heavy (non-hydrogen) atoms. The van der Waals surface area contributed by atoms with Crippen LogP contribution in [0.2, 0.25) is 0 Å². The lowest BCUT2D eigenvalue weighted by molar-refractivity contribution is -0.137. The van der Waals surface area contributed by atoms with Crippen LogP contribution in [0.1, 0.15) is 29.3 Å². The smallest absolute Gasteiger partial charge is 0.349 e. The zero-order valence-corrected chi connectivity index (χ0v) is 11.1. The van der Waals surface area contributed by atoms with Gasteiger partial charge in [-0.1, -0.05) is 6.92 Å². The maximum atomic E-state index is 12.4. The van der Waals surface area contributed by atoms with E-state index in [0.29, 0.717) is 5.92 Å². The van der Waals surface area contributed by atoms with Gasteiger partial charge in [0, 0.05) is 11.6 Å². The zero-order chi connectivity index (χ0) is 14.8. The van der Waals surface area contributed by atoms with E-state index < -0.39 is 11.7 Å². The monoisotopic (exact) mass is 286 g/mol. The highest BCUT2D eigenvalue weighted by atomic mass is 19.4. The molecule has 2 unspecified atom stereocenters. The Morgan fingerprint density at radius 3 is 2.50 bits per heavy atom. The van der Waals surface area contributed by atoms with Crippen LogP contribution in [-0.2, 0) is 6.18 Å². The van der Waals surface area contributed by atoms with Gasteiger partial charge in [0.2, 0.25) is 0 Å². The fourth-order valence-corrected chi connectivity index (χ4v) is 2.29. The quantitative estimate of drug-likeness (QED) is 0.876. The molecule has 1 aromatic rings. The van der Waals surface area contributed by atoms with Crippen molar-refractivity contribution in [1.82, 2.24) is 10.6 Å². The van der Waals surface area contributed by atoms with Crippen LogP contribution in [0.4, 0.5) is 13.2 Å². The van der Waals surface area contributed by atoms with Crippen molar-refractivity contribution in [3.63, 3.8) is 0 Å². The van der Waals surface area contributed by atoms with E-state index in [1.54, 1.807) is 0 Å². The van der Waals surface area contributed by atoms with Gasteiger partial charge in [0.15, 0.2) is 0 Å². The molecule has 3 nitrogen and oxygen atoms in total. The summed E-state index contributed by atoms with van der Waals surface area (Å²) in [5.74, 6) is -0.0142. The molecular weight excluding hydrogens is 269 g/mol. The summed E-state index contributed by atoms with van der Waals surface area (Å²) in [6, 6.07) is 4.35. The summed E-state index contributed by atoms with van der Waals surface area (Å²) in [6.07, 6.45) is -3.55. The standard InChI is InChI=1S/C14H17F3N2O/c1-9-8-18-7-6-12(9)19-13(20)10-2-4-11(5-3-10)14(15,16)17/h2-5,9,12,18H,6-8H2,1H3,(H,19,20). The molecule has 0 bridgehead atoms. The third kappa shape index (κ3) is 3.50. The van der Waals surface area contributed by atoms with Gasteiger partial charge in [0.05, 0.1) is 5.56 Å². The van der Waals surface area contributed by atoms with E-state index in [4.69, 9.17) is 0 Å². The van der Waals surface area contributed by atoms with Crippen LogP contribution in [0.3, 0.4) is 0 Å². The molecule has 2 N–H and O–H groups in total. The molecule has 0 spiro atoms. The van der Waals surface area contributed by atoms with Crippen molar-refractivity contribution in [1.29, 1.82) is 0 Å². The number of amides is 1. The molecule has 2 rings (SSSR count). The van der Waals surface area contributed by atoms with Crippen molar-refractivity contribution >= 4 is 5.91 Å². The predicted molar refractivity (Wildman–Crippen MR) is 69.3 cm³/mol. The fourth-order valence-electron chi connectivity index (χ4n) is 2.29. The third-order valence-electron chi connectivity index (χ3n) is 3.58. The highest BCUT2D eigenvalue weighted by Gasteiger charge is 2.30. The third-order valence-corrected chi connectivity index (χ3v) is 3.58. The number of nitrogens with one attached hydrogen (secondary N) is 2. The molecule has 1 saturated heterocycles. The van der Waals surface area contributed by atoms with Crippen LogP contribution in [0.15, 0.2) is 24.3 Å². The second-order valence-electron chi connectivity index (χ2n) is 5.13. The molecule has 1 aliphatic rings. The van der Waals surface area contributed by atoms with E-state index in [9.17, 15) is 18.0 Å². The molecule has 0 saturated carbocycles. The summed E-state index contributed by atoms with van der Waals surface area (Å²) >= 11 is 0. The first kappa shape index (κ1) is 14.8. The molecule has 0 radical (unpaired) electrons. The predicted octanol–water partition coefficient (Wildman–Crippen LogP) is 2.43. The highest BCUT2D eigenvalue weighted by molar-refractivity contribution is 5.94. The largest absolute Gasteiger partial charge is 0.416 e. The van der Waals surface area contributed by atoms with Gasteiger partial charge < -0.3 is 10.6 Å². The van der Waals surface area contributed by atoms with Crippen LogP contribution < -0.4 is 10.6 Å². The number of rotatable bonds is 2. The lowest BCUT2D eigenvalue weighted by atomic mass is 9.95. The second kappa shape index (κ2) is 5.83. The van der Waals surface area contributed by atoms with Crippen LogP contribution in [0.25, 0.3) is 0 Å². The minimum atomic E-state index is -4.38. The van der Waals surface area contributed by atoms with E-state index in [2.05, 4.69) is 10.6 Å². The maximum absolute atomic E-state index is 12.4. The molecular formula is C14H17F3N2O. The Kier molecular flexibility index (Phi) is 4.32. The Labute approximate surface area is 115 Å². The van der Waals surface area contributed by atoms with Gasteiger partial charge in [-0.15, -0.1) is 0 Å². The van der Waals surface area contributed by atoms with Crippen LogP contribution >= 0.6 is 0 Å². The van der Waals surface area contributed by atoms with Crippen molar-refractivity contribution in [3.8, 4) is 0 Å². The van der Waals surface area contributed by atoms with Crippen molar-refractivity contribution in [2.75, 3.05) is 13.1 Å². The minimum Gasteiger partial charge on any atom is -0.349 e. The number of hydrogen-bond acceptors (Lipinski definition) is 2. The van der Waals surface area contributed by atoms with Crippen molar-refractivity contribution in [2.24, 2.45) is 5.92 Å². The Morgan fingerprint density at radius 2 is 1.95 bits per heavy atom.